The molecule has 3 amide bonds. The van der Waals surface area contributed by atoms with Gasteiger partial charge in [0.1, 0.15) is 11.9 Å². The molecule has 5 rings (SSSR count). The molecule has 0 aliphatic carbocycles. The van der Waals surface area contributed by atoms with Crippen LogP contribution in [0.3, 0.4) is 0 Å². The lowest BCUT2D eigenvalue weighted by atomic mass is 9.92. The number of nitrogens with one attached hydrogen (secondary N) is 3. The number of aromatic nitrogens is 1. The highest BCUT2D eigenvalue weighted by atomic mass is 19.1. The Hall–Kier alpha value is -4.37. The number of fused-ring (bicyclic) bond motifs is 1. The first-order chi connectivity index (χ1) is 19.8. The molecule has 41 heavy (non-hydrogen) atoms. The molecule has 3 N–H and O–H groups in total. The van der Waals surface area contributed by atoms with E-state index >= 15 is 0 Å². The van der Waals surface area contributed by atoms with Crippen molar-refractivity contribution < 1.29 is 14.0 Å². The third kappa shape index (κ3) is 6.69. The standard InChI is InChI=1S/C32H37FN6O2/c1-22(28-20-34-29-13-5-4-12-27(28)29)30(31(40)35-25-10-6-8-23(18-25)21-37(2)3)36-32(41)39-16-14-38(15-17-39)26-11-7-9-24(33)19-26/h4-13,18-20,22,30,34H,14-17,21H2,1-3H3,(H,35,40)(H,36,41)/t22-,30-/m1/s1. The third-order valence-electron chi connectivity index (χ3n) is 7.61. The predicted octanol–water partition coefficient (Wildman–Crippen LogP) is 5.01. The first-order valence-electron chi connectivity index (χ1n) is 13.9. The van der Waals surface area contributed by atoms with E-state index in [-0.39, 0.29) is 23.7 Å². The zero-order valence-electron chi connectivity index (χ0n) is 23.7. The van der Waals surface area contributed by atoms with Gasteiger partial charge in [-0.2, -0.15) is 0 Å². The lowest BCUT2D eigenvalue weighted by molar-refractivity contribution is -0.118. The monoisotopic (exact) mass is 556 g/mol. The number of halogens is 1. The minimum absolute atomic E-state index is 0.281. The number of rotatable bonds is 8. The van der Waals surface area contributed by atoms with E-state index in [2.05, 4.69) is 25.4 Å². The van der Waals surface area contributed by atoms with Gasteiger partial charge in [-0.05, 0) is 61.6 Å². The highest BCUT2D eigenvalue weighted by molar-refractivity contribution is 5.98. The van der Waals surface area contributed by atoms with Gasteiger partial charge in [0.05, 0.1) is 0 Å². The van der Waals surface area contributed by atoms with Crippen molar-refractivity contribution in [2.45, 2.75) is 25.4 Å². The Morgan fingerprint density at radius 2 is 1.73 bits per heavy atom. The van der Waals surface area contributed by atoms with Crippen LogP contribution in [-0.2, 0) is 11.3 Å². The number of aromatic amines is 1. The van der Waals surface area contributed by atoms with Crippen LogP contribution >= 0.6 is 0 Å². The molecule has 1 aliphatic heterocycles. The molecule has 1 aliphatic rings. The largest absolute Gasteiger partial charge is 0.368 e. The summed E-state index contributed by atoms with van der Waals surface area (Å²) in [6, 6.07) is 21.1. The Bertz CT molecular complexity index is 1510. The molecular formula is C32H37FN6O2. The quantitative estimate of drug-likeness (QED) is 0.285. The topological polar surface area (TPSA) is 83.7 Å². The van der Waals surface area contributed by atoms with Crippen LogP contribution in [0.15, 0.2) is 79.0 Å². The Balaban J connectivity index is 1.33. The van der Waals surface area contributed by atoms with Crippen molar-refractivity contribution in [1.82, 2.24) is 20.1 Å². The maximum Gasteiger partial charge on any atom is 0.318 e. The molecule has 2 heterocycles. The number of hydrogen-bond acceptors (Lipinski definition) is 4. The van der Waals surface area contributed by atoms with Crippen LogP contribution < -0.4 is 15.5 Å². The molecule has 214 valence electrons. The zero-order valence-corrected chi connectivity index (χ0v) is 23.7. The van der Waals surface area contributed by atoms with Crippen molar-refractivity contribution in [2.24, 2.45) is 0 Å². The summed E-state index contributed by atoms with van der Waals surface area (Å²) in [6.45, 7) is 4.78. The smallest absolute Gasteiger partial charge is 0.318 e. The van der Waals surface area contributed by atoms with E-state index in [1.54, 1.807) is 11.0 Å². The summed E-state index contributed by atoms with van der Waals surface area (Å²) in [5.74, 6) is -0.875. The molecule has 0 unspecified atom stereocenters. The lowest BCUT2D eigenvalue weighted by Gasteiger charge is -2.37. The van der Waals surface area contributed by atoms with Crippen molar-refractivity contribution >= 4 is 34.2 Å². The number of nitrogens with zero attached hydrogens (tertiary/aromatic N) is 3. The summed E-state index contributed by atoms with van der Waals surface area (Å²) in [7, 11) is 4.00. The van der Waals surface area contributed by atoms with Gasteiger partial charge >= 0.3 is 6.03 Å². The van der Waals surface area contributed by atoms with Gasteiger partial charge in [-0.15, -0.1) is 0 Å². The SMILES string of the molecule is C[C@H](c1c[nH]c2ccccc12)[C@@H](NC(=O)N1CCN(c2cccc(F)c2)CC1)C(=O)Nc1cccc(CN(C)C)c1. The zero-order chi connectivity index (χ0) is 28.9. The Morgan fingerprint density at radius 3 is 2.49 bits per heavy atom. The minimum Gasteiger partial charge on any atom is -0.368 e. The van der Waals surface area contributed by atoms with Gasteiger partial charge in [0.15, 0.2) is 0 Å². The van der Waals surface area contributed by atoms with Crippen molar-refractivity contribution in [2.75, 3.05) is 50.5 Å². The fraction of sp³-hybridized carbons (Fsp3) is 0.312. The van der Waals surface area contributed by atoms with E-state index in [0.29, 0.717) is 31.9 Å². The highest BCUT2D eigenvalue weighted by Crippen LogP contribution is 2.29. The van der Waals surface area contributed by atoms with Crippen molar-refractivity contribution in [3.63, 3.8) is 0 Å². The number of para-hydroxylation sites is 1. The maximum absolute atomic E-state index is 13.8. The number of piperazine rings is 1. The Labute approximate surface area is 240 Å². The molecule has 2 atom stereocenters. The van der Waals surface area contributed by atoms with Crippen LogP contribution in [0.4, 0.5) is 20.6 Å². The number of anilines is 2. The van der Waals surface area contributed by atoms with Crippen molar-refractivity contribution in [3.8, 4) is 0 Å². The van der Waals surface area contributed by atoms with Gasteiger partial charge < -0.3 is 30.3 Å². The molecular weight excluding hydrogens is 519 g/mol. The van der Waals surface area contributed by atoms with Crippen LogP contribution in [0.2, 0.25) is 0 Å². The van der Waals surface area contributed by atoms with Gasteiger partial charge in [-0.25, -0.2) is 9.18 Å². The molecule has 0 spiro atoms. The van der Waals surface area contributed by atoms with E-state index < -0.39 is 6.04 Å². The van der Waals surface area contributed by atoms with Crippen LogP contribution in [0, 0.1) is 5.82 Å². The van der Waals surface area contributed by atoms with E-state index in [0.717, 1.165) is 34.3 Å². The summed E-state index contributed by atoms with van der Waals surface area (Å²) in [5.41, 5.74) is 4.49. The van der Waals surface area contributed by atoms with Crippen molar-refractivity contribution in [3.05, 3.63) is 95.9 Å². The lowest BCUT2D eigenvalue weighted by Crippen LogP contribution is -2.56. The average molecular weight is 557 g/mol. The first kappa shape index (κ1) is 28.2. The van der Waals surface area contributed by atoms with E-state index in [9.17, 15) is 14.0 Å². The number of carbonyl (C=O) groups is 2. The highest BCUT2D eigenvalue weighted by Gasteiger charge is 2.32. The van der Waals surface area contributed by atoms with Gasteiger partial charge in [0, 0.05) is 67.1 Å². The number of benzene rings is 3. The van der Waals surface area contributed by atoms with Gasteiger partial charge in [0.25, 0.3) is 0 Å². The molecule has 9 heteroatoms. The molecule has 0 bridgehead atoms. The molecule has 4 aromatic rings. The number of urea groups is 1. The fourth-order valence-corrected chi connectivity index (χ4v) is 5.47. The molecule has 1 fully saturated rings. The summed E-state index contributed by atoms with van der Waals surface area (Å²) in [5, 5.41) is 7.11. The summed E-state index contributed by atoms with van der Waals surface area (Å²) < 4.78 is 13.7. The second-order valence-corrected chi connectivity index (χ2v) is 10.9. The molecule has 1 aromatic heterocycles. The molecule has 8 nitrogen and oxygen atoms in total. The van der Waals surface area contributed by atoms with Crippen LogP contribution in [0.5, 0.6) is 0 Å². The summed E-state index contributed by atoms with van der Waals surface area (Å²) in [6.07, 6.45) is 1.91. The van der Waals surface area contributed by atoms with Crippen molar-refractivity contribution in [1.29, 1.82) is 0 Å². The number of hydrogen-bond donors (Lipinski definition) is 3. The normalized spacial score (nSPS) is 15.1. The molecule has 1 saturated heterocycles. The van der Waals surface area contributed by atoms with E-state index in [1.165, 1.54) is 12.1 Å². The second kappa shape index (κ2) is 12.4. The van der Waals surface area contributed by atoms with Crippen LogP contribution in [-0.4, -0.2) is 73.0 Å². The molecule has 3 aromatic carbocycles. The van der Waals surface area contributed by atoms with Gasteiger partial charge in [-0.1, -0.05) is 43.3 Å². The van der Waals surface area contributed by atoms with Gasteiger partial charge in [0.2, 0.25) is 5.91 Å². The number of carbonyl (C=O) groups excluding carboxylic acids is 2. The van der Waals surface area contributed by atoms with E-state index in [1.807, 2.05) is 81.8 Å². The number of amides is 3. The maximum atomic E-state index is 13.8. The second-order valence-electron chi connectivity index (χ2n) is 10.9. The average Bonchev–Trinajstić information content (AvgIpc) is 3.39. The minimum atomic E-state index is -0.819. The van der Waals surface area contributed by atoms with E-state index in [4.69, 9.17) is 0 Å². The fourth-order valence-electron chi connectivity index (χ4n) is 5.47. The Morgan fingerprint density at radius 1 is 0.976 bits per heavy atom. The third-order valence-corrected chi connectivity index (χ3v) is 7.61. The van der Waals surface area contributed by atoms with Crippen LogP contribution in [0.1, 0.15) is 24.0 Å². The molecule has 0 radical (unpaired) electrons. The predicted molar refractivity (Wildman–Crippen MR) is 162 cm³/mol. The summed E-state index contributed by atoms with van der Waals surface area (Å²) >= 11 is 0. The van der Waals surface area contributed by atoms with Crippen LogP contribution in [0.25, 0.3) is 10.9 Å². The number of H-pyrrole nitrogens is 1. The summed E-state index contributed by atoms with van der Waals surface area (Å²) in [4.78, 5) is 36.5. The first-order valence-corrected chi connectivity index (χ1v) is 13.9. The Kier molecular flexibility index (Phi) is 8.54. The van der Waals surface area contributed by atoms with Gasteiger partial charge in [-0.3, -0.25) is 4.79 Å². The molecule has 0 saturated carbocycles.